The van der Waals surface area contributed by atoms with Crippen LogP contribution in [0.1, 0.15) is 51.9 Å². The van der Waals surface area contributed by atoms with Crippen molar-refractivity contribution in [1.82, 2.24) is 10.2 Å². The van der Waals surface area contributed by atoms with Gasteiger partial charge in [0.1, 0.15) is 0 Å². The lowest BCUT2D eigenvalue weighted by atomic mass is 9.54. The van der Waals surface area contributed by atoms with Gasteiger partial charge in [-0.15, -0.1) is 0 Å². The average Bonchev–Trinajstić information content (AvgIpc) is 2.42. The molecule has 1 aliphatic heterocycles. The molecule has 5 fully saturated rings. The Morgan fingerprint density at radius 2 is 1.65 bits per heavy atom. The second kappa shape index (κ2) is 5.28. The maximum atomic E-state index is 4.13. The number of piperidine rings is 1. The summed E-state index contributed by atoms with van der Waals surface area (Å²) in [5, 5.41) is 4.13. The fourth-order valence-corrected chi connectivity index (χ4v) is 6.25. The predicted molar refractivity (Wildman–Crippen MR) is 83.7 cm³/mol. The highest BCUT2D eigenvalue weighted by Gasteiger charge is 2.48. The molecule has 0 aromatic carbocycles. The van der Waals surface area contributed by atoms with E-state index in [9.17, 15) is 0 Å². The van der Waals surface area contributed by atoms with E-state index in [1.165, 1.54) is 25.9 Å². The van der Waals surface area contributed by atoms with E-state index in [0.717, 1.165) is 41.7 Å². The van der Waals surface area contributed by atoms with Gasteiger partial charge in [0.15, 0.2) is 0 Å². The lowest BCUT2D eigenvalue weighted by Gasteiger charge is -2.55. The molecule has 0 spiro atoms. The second-order valence-corrected chi connectivity index (χ2v) is 8.58. The standard InChI is InChI=1S/C18H32N2/c1-12(15-4-3-5-20(2)11-15)19-18-16-7-13-6-14(9-16)10-17(18)8-13/h12-19H,3-11H2,1-2H3. The van der Waals surface area contributed by atoms with Gasteiger partial charge < -0.3 is 10.2 Å². The van der Waals surface area contributed by atoms with E-state index in [-0.39, 0.29) is 0 Å². The Labute approximate surface area is 124 Å². The molecule has 1 heterocycles. The number of nitrogens with zero attached hydrogens (tertiary/aromatic N) is 1. The summed E-state index contributed by atoms with van der Waals surface area (Å²) in [5.41, 5.74) is 0. The minimum absolute atomic E-state index is 0.722. The van der Waals surface area contributed by atoms with Gasteiger partial charge in [0, 0.05) is 18.6 Å². The van der Waals surface area contributed by atoms with Crippen molar-refractivity contribution >= 4 is 0 Å². The van der Waals surface area contributed by atoms with E-state index in [1.54, 1.807) is 32.1 Å². The van der Waals surface area contributed by atoms with Crippen LogP contribution >= 0.6 is 0 Å². The van der Waals surface area contributed by atoms with Crippen LogP contribution in [0.2, 0.25) is 0 Å². The van der Waals surface area contributed by atoms with Crippen molar-refractivity contribution < 1.29 is 0 Å². The fourth-order valence-electron chi connectivity index (χ4n) is 6.25. The molecule has 0 aromatic heterocycles. The Kier molecular flexibility index (Phi) is 3.58. The third kappa shape index (κ3) is 2.43. The molecule has 114 valence electrons. The first-order chi connectivity index (χ1) is 9.69. The molecule has 4 aliphatic carbocycles. The van der Waals surface area contributed by atoms with Crippen molar-refractivity contribution in [3.63, 3.8) is 0 Å². The Balaban J connectivity index is 1.39. The molecule has 4 bridgehead atoms. The van der Waals surface area contributed by atoms with Crippen molar-refractivity contribution in [2.24, 2.45) is 29.6 Å². The zero-order chi connectivity index (χ0) is 13.7. The summed E-state index contributed by atoms with van der Waals surface area (Å²) in [7, 11) is 2.29. The molecule has 2 heteroatoms. The molecule has 5 rings (SSSR count). The van der Waals surface area contributed by atoms with Crippen LogP contribution in [0.15, 0.2) is 0 Å². The van der Waals surface area contributed by atoms with Crippen molar-refractivity contribution in [1.29, 1.82) is 0 Å². The lowest BCUT2D eigenvalue weighted by Crippen LogP contribution is -2.58. The molecular formula is C18H32N2. The molecule has 2 atom stereocenters. The van der Waals surface area contributed by atoms with Gasteiger partial charge in [-0.2, -0.15) is 0 Å². The van der Waals surface area contributed by atoms with E-state index in [1.807, 2.05) is 0 Å². The summed E-state index contributed by atoms with van der Waals surface area (Å²) in [4.78, 5) is 2.53. The molecule has 1 N–H and O–H groups in total. The zero-order valence-corrected chi connectivity index (χ0v) is 13.4. The predicted octanol–water partition coefficient (Wildman–Crippen LogP) is 3.13. The molecule has 5 aliphatic rings. The second-order valence-electron chi connectivity index (χ2n) is 8.58. The zero-order valence-electron chi connectivity index (χ0n) is 13.4. The number of rotatable bonds is 3. The van der Waals surface area contributed by atoms with E-state index in [2.05, 4.69) is 24.2 Å². The molecule has 2 unspecified atom stereocenters. The van der Waals surface area contributed by atoms with Crippen LogP contribution in [0.5, 0.6) is 0 Å². The van der Waals surface area contributed by atoms with Crippen LogP contribution < -0.4 is 5.32 Å². The van der Waals surface area contributed by atoms with Gasteiger partial charge in [-0.05, 0) is 95.1 Å². The highest BCUT2D eigenvalue weighted by Crippen LogP contribution is 2.53. The molecular weight excluding hydrogens is 244 g/mol. The maximum Gasteiger partial charge on any atom is 0.0127 e. The highest BCUT2D eigenvalue weighted by molar-refractivity contribution is 5.02. The highest BCUT2D eigenvalue weighted by atomic mass is 15.1. The summed E-state index contributed by atoms with van der Waals surface area (Å²) in [6.45, 7) is 5.08. The first-order valence-corrected chi connectivity index (χ1v) is 9.13. The van der Waals surface area contributed by atoms with E-state index >= 15 is 0 Å². The van der Waals surface area contributed by atoms with Crippen molar-refractivity contribution in [2.75, 3.05) is 20.1 Å². The van der Waals surface area contributed by atoms with E-state index in [0.29, 0.717) is 0 Å². The van der Waals surface area contributed by atoms with Gasteiger partial charge in [-0.3, -0.25) is 0 Å². The number of likely N-dealkylation sites (tertiary alicyclic amines) is 1. The number of hydrogen-bond acceptors (Lipinski definition) is 2. The molecule has 20 heavy (non-hydrogen) atoms. The fraction of sp³-hybridized carbons (Fsp3) is 1.00. The number of nitrogens with one attached hydrogen (secondary N) is 1. The minimum atomic E-state index is 0.722. The summed E-state index contributed by atoms with van der Waals surface area (Å²) in [6.07, 6.45) is 10.6. The normalized spacial score (nSPS) is 49.5. The number of hydrogen-bond donors (Lipinski definition) is 1. The van der Waals surface area contributed by atoms with Crippen LogP contribution in [0.3, 0.4) is 0 Å². The Morgan fingerprint density at radius 3 is 2.25 bits per heavy atom. The van der Waals surface area contributed by atoms with Crippen LogP contribution in [-0.4, -0.2) is 37.1 Å². The van der Waals surface area contributed by atoms with Gasteiger partial charge in [-0.1, -0.05) is 0 Å². The van der Waals surface area contributed by atoms with Crippen molar-refractivity contribution in [3.8, 4) is 0 Å². The first kappa shape index (κ1) is 13.6. The SMILES string of the molecule is CC(NC1C2CC3CC(C2)CC1C3)C1CCCN(C)C1. The smallest absolute Gasteiger partial charge is 0.0127 e. The van der Waals surface area contributed by atoms with Gasteiger partial charge in [-0.25, -0.2) is 0 Å². The maximum absolute atomic E-state index is 4.13. The van der Waals surface area contributed by atoms with Crippen molar-refractivity contribution in [3.05, 3.63) is 0 Å². The van der Waals surface area contributed by atoms with Gasteiger partial charge in [0.25, 0.3) is 0 Å². The van der Waals surface area contributed by atoms with E-state index in [4.69, 9.17) is 0 Å². The minimum Gasteiger partial charge on any atom is -0.311 e. The summed E-state index contributed by atoms with van der Waals surface area (Å²) in [6, 6.07) is 1.59. The van der Waals surface area contributed by atoms with Gasteiger partial charge in [0.2, 0.25) is 0 Å². The summed E-state index contributed by atoms with van der Waals surface area (Å²) in [5.74, 6) is 5.13. The Hall–Kier alpha value is -0.0800. The van der Waals surface area contributed by atoms with Crippen LogP contribution in [0.25, 0.3) is 0 Å². The lowest BCUT2D eigenvalue weighted by molar-refractivity contribution is -0.0210. The topological polar surface area (TPSA) is 15.3 Å². The molecule has 1 saturated heterocycles. The van der Waals surface area contributed by atoms with E-state index < -0.39 is 0 Å². The third-order valence-electron chi connectivity index (χ3n) is 7.05. The molecule has 4 saturated carbocycles. The average molecular weight is 276 g/mol. The molecule has 0 radical (unpaired) electrons. The summed E-state index contributed by atoms with van der Waals surface area (Å²) < 4.78 is 0. The monoisotopic (exact) mass is 276 g/mol. The Morgan fingerprint density at radius 1 is 1.00 bits per heavy atom. The first-order valence-electron chi connectivity index (χ1n) is 9.13. The van der Waals surface area contributed by atoms with Gasteiger partial charge in [0.05, 0.1) is 0 Å². The quantitative estimate of drug-likeness (QED) is 0.852. The van der Waals surface area contributed by atoms with Crippen LogP contribution in [0, 0.1) is 29.6 Å². The molecule has 2 nitrogen and oxygen atoms in total. The van der Waals surface area contributed by atoms with Crippen LogP contribution in [-0.2, 0) is 0 Å². The molecule has 0 aromatic rings. The third-order valence-corrected chi connectivity index (χ3v) is 7.05. The van der Waals surface area contributed by atoms with Crippen molar-refractivity contribution in [2.45, 2.75) is 64.0 Å². The van der Waals surface area contributed by atoms with Crippen LogP contribution in [0.4, 0.5) is 0 Å². The molecule has 0 amide bonds. The Bertz CT molecular complexity index is 325. The van der Waals surface area contributed by atoms with Gasteiger partial charge >= 0.3 is 0 Å². The summed E-state index contributed by atoms with van der Waals surface area (Å²) >= 11 is 0. The largest absolute Gasteiger partial charge is 0.311 e.